The highest BCUT2D eigenvalue weighted by Crippen LogP contribution is 2.48. The van der Waals surface area contributed by atoms with Crippen LogP contribution in [0.1, 0.15) is 52.4 Å². The standard InChI is InChI=1S/C12H26N2/c1-3-6-12(7-8-12)10-14-9-4-5-11(2)13/h11,14H,3-10,13H2,1-2H3. The van der Waals surface area contributed by atoms with Gasteiger partial charge >= 0.3 is 0 Å². The second-order valence-electron chi connectivity index (χ2n) is 5.05. The van der Waals surface area contributed by atoms with Gasteiger partial charge in [0, 0.05) is 12.6 Å². The number of nitrogens with two attached hydrogens (primary N) is 1. The molecule has 1 unspecified atom stereocenters. The molecule has 0 radical (unpaired) electrons. The van der Waals surface area contributed by atoms with Gasteiger partial charge in [0.1, 0.15) is 0 Å². The average Bonchev–Trinajstić information content (AvgIpc) is 2.85. The smallest absolute Gasteiger partial charge is 0.00109 e. The van der Waals surface area contributed by atoms with Crippen molar-refractivity contribution in [1.82, 2.24) is 5.32 Å². The first kappa shape index (κ1) is 12.0. The number of rotatable bonds is 8. The van der Waals surface area contributed by atoms with Crippen LogP contribution in [0.2, 0.25) is 0 Å². The molecule has 0 aromatic heterocycles. The van der Waals surface area contributed by atoms with Gasteiger partial charge in [-0.15, -0.1) is 0 Å². The molecule has 1 rings (SSSR count). The highest BCUT2D eigenvalue weighted by molar-refractivity contribution is 4.94. The monoisotopic (exact) mass is 198 g/mol. The third-order valence-electron chi connectivity index (χ3n) is 3.25. The Hall–Kier alpha value is -0.0800. The van der Waals surface area contributed by atoms with Crippen molar-refractivity contribution in [2.45, 2.75) is 58.4 Å². The largest absolute Gasteiger partial charge is 0.328 e. The van der Waals surface area contributed by atoms with E-state index >= 15 is 0 Å². The summed E-state index contributed by atoms with van der Waals surface area (Å²) >= 11 is 0. The molecule has 84 valence electrons. The van der Waals surface area contributed by atoms with Gasteiger partial charge in [-0.2, -0.15) is 0 Å². The van der Waals surface area contributed by atoms with Gasteiger partial charge in [0.2, 0.25) is 0 Å². The van der Waals surface area contributed by atoms with Crippen LogP contribution < -0.4 is 11.1 Å². The zero-order valence-electron chi connectivity index (χ0n) is 9.81. The molecule has 14 heavy (non-hydrogen) atoms. The molecule has 0 aliphatic heterocycles. The summed E-state index contributed by atoms with van der Waals surface area (Å²) < 4.78 is 0. The van der Waals surface area contributed by atoms with Crippen LogP contribution in [0.4, 0.5) is 0 Å². The van der Waals surface area contributed by atoms with Crippen molar-refractivity contribution >= 4 is 0 Å². The molecule has 0 aromatic rings. The van der Waals surface area contributed by atoms with E-state index in [-0.39, 0.29) is 0 Å². The quantitative estimate of drug-likeness (QED) is 0.587. The predicted octanol–water partition coefficient (Wildman–Crippen LogP) is 2.28. The molecule has 2 nitrogen and oxygen atoms in total. The zero-order chi connectivity index (χ0) is 10.4. The minimum Gasteiger partial charge on any atom is -0.328 e. The predicted molar refractivity (Wildman–Crippen MR) is 62.3 cm³/mol. The van der Waals surface area contributed by atoms with Crippen molar-refractivity contribution in [2.75, 3.05) is 13.1 Å². The Labute approximate surface area is 88.6 Å². The highest BCUT2D eigenvalue weighted by atomic mass is 14.9. The highest BCUT2D eigenvalue weighted by Gasteiger charge is 2.40. The van der Waals surface area contributed by atoms with Gasteiger partial charge in [-0.1, -0.05) is 13.3 Å². The average molecular weight is 198 g/mol. The van der Waals surface area contributed by atoms with Crippen LogP contribution in [0.5, 0.6) is 0 Å². The molecular weight excluding hydrogens is 172 g/mol. The molecule has 0 heterocycles. The van der Waals surface area contributed by atoms with E-state index in [0.717, 1.165) is 13.0 Å². The molecule has 0 saturated heterocycles. The SMILES string of the molecule is CCCC1(CNCCCC(C)N)CC1. The lowest BCUT2D eigenvalue weighted by Gasteiger charge is -2.15. The van der Waals surface area contributed by atoms with Gasteiger partial charge in [0.25, 0.3) is 0 Å². The minimum absolute atomic E-state index is 0.363. The van der Waals surface area contributed by atoms with E-state index in [0.29, 0.717) is 11.5 Å². The van der Waals surface area contributed by atoms with Crippen LogP contribution in [-0.4, -0.2) is 19.1 Å². The fraction of sp³-hybridized carbons (Fsp3) is 1.00. The molecule has 1 saturated carbocycles. The Bertz CT molecular complexity index is 150. The van der Waals surface area contributed by atoms with Crippen molar-refractivity contribution in [2.24, 2.45) is 11.1 Å². The summed E-state index contributed by atoms with van der Waals surface area (Å²) in [5, 5.41) is 3.57. The molecule has 1 atom stereocenters. The van der Waals surface area contributed by atoms with Crippen molar-refractivity contribution in [3.63, 3.8) is 0 Å². The van der Waals surface area contributed by atoms with Gasteiger partial charge in [-0.25, -0.2) is 0 Å². The Morgan fingerprint density at radius 3 is 2.64 bits per heavy atom. The van der Waals surface area contributed by atoms with E-state index in [4.69, 9.17) is 5.73 Å². The molecule has 2 heteroatoms. The van der Waals surface area contributed by atoms with E-state index in [2.05, 4.69) is 19.2 Å². The van der Waals surface area contributed by atoms with Gasteiger partial charge in [0.15, 0.2) is 0 Å². The minimum atomic E-state index is 0.363. The summed E-state index contributed by atoms with van der Waals surface area (Å²) in [5.74, 6) is 0. The maximum absolute atomic E-state index is 5.69. The summed E-state index contributed by atoms with van der Waals surface area (Å²) in [6, 6.07) is 0.363. The van der Waals surface area contributed by atoms with Crippen LogP contribution in [-0.2, 0) is 0 Å². The van der Waals surface area contributed by atoms with Gasteiger partial charge in [-0.3, -0.25) is 0 Å². The maximum Gasteiger partial charge on any atom is 0.00109 e. The molecule has 0 bridgehead atoms. The second-order valence-corrected chi connectivity index (χ2v) is 5.05. The first-order chi connectivity index (χ1) is 6.68. The topological polar surface area (TPSA) is 38.0 Å². The van der Waals surface area contributed by atoms with Crippen LogP contribution in [0.15, 0.2) is 0 Å². The van der Waals surface area contributed by atoms with Gasteiger partial charge in [0.05, 0.1) is 0 Å². The lowest BCUT2D eigenvalue weighted by atomic mass is 10.0. The van der Waals surface area contributed by atoms with Crippen molar-refractivity contribution in [1.29, 1.82) is 0 Å². The van der Waals surface area contributed by atoms with Gasteiger partial charge in [-0.05, 0) is 51.0 Å². The Morgan fingerprint density at radius 2 is 2.14 bits per heavy atom. The van der Waals surface area contributed by atoms with E-state index in [9.17, 15) is 0 Å². The van der Waals surface area contributed by atoms with Crippen LogP contribution in [0.3, 0.4) is 0 Å². The van der Waals surface area contributed by atoms with Crippen molar-refractivity contribution in [3.05, 3.63) is 0 Å². The summed E-state index contributed by atoms with van der Waals surface area (Å²) in [6.07, 6.45) is 8.00. The second kappa shape index (κ2) is 5.72. The Morgan fingerprint density at radius 1 is 1.43 bits per heavy atom. The molecule has 0 spiro atoms. The number of hydrogen-bond donors (Lipinski definition) is 2. The molecule has 0 amide bonds. The van der Waals surface area contributed by atoms with Gasteiger partial charge < -0.3 is 11.1 Å². The van der Waals surface area contributed by atoms with E-state index < -0.39 is 0 Å². The van der Waals surface area contributed by atoms with Crippen LogP contribution in [0.25, 0.3) is 0 Å². The zero-order valence-corrected chi connectivity index (χ0v) is 9.81. The van der Waals surface area contributed by atoms with Crippen molar-refractivity contribution < 1.29 is 0 Å². The summed E-state index contributed by atoms with van der Waals surface area (Å²) in [4.78, 5) is 0. The van der Waals surface area contributed by atoms with Crippen LogP contribution >= 0.6 is 0 Å². The first-order valence-electron chi connectivity index (χ1n) is 6.15. The van der Waals surface area contributed by atoms with Crippen molar-refractivity contribution in [3.8, 4) is 0 Å². The summed E-state index contributed by atoms with van der Waals surface area (Å²) in [6.45, 7) is 6.75. The fourth-order valence-corrected chi connectivity index (χ4v) is 2.12. The van der Waals surface area contributed by atoms with E-state index in [1.54, 1.807) is 0 Å². The molecule has 0 aromatic carbocycles. The molecular formula is C12H26N2. The maximum atomic E-state index is 5.69. The molecule has 1 aliphatic carbocycles. The number of hydrogen-bond acceptors (Lipinski definition) is 2. The molecule has 1 aliphatic rings. The van der Waals surface area contributed by atoms with E-state index in [1.807, 2.05) is 0 Å². The third kappa shape index (κ3) is 4.43. The lowest BCUT2D eigenvalue weighted by Crippen LogP contribution is -2.26. The Balaban J connectivity index is 1.93. The summed E-state index contributed by atoms with van der Waals surface area (Å²) in [5.41, 5.74) is 6.39. The Kier molecular flexibility index (Phi) is 4.90. The first-order valence-corrected chi connectivity index (χ1v) is 6.15. The summed E-state index contributed by atoms with van der Waals surface area (Å²) in [7, 11) is 0. The lowest BCUT2D eigenvalue weighted by molar-refractivity contribution is 0.416. The van der Waals surface area contributed by atoms with E-state index in [1.165, 1.54) is 38.6 Å². The third-order valence-corrected chi connectivity index (χ3v) is 3.25. The fourth-order valence-electron chi connectivity index (χ4n) is 2.12. The van der Waals surface area contributed by atoms with Crippen LogP contribution in [0, 0.1) is 5.41 Å². The normalized spacial score (nSPS) is 20.8. The molecule has 3 N–H and O–H groups in total. The molecule has 1 fully saturated rings. The number of nitrogens with one attached hydrogen (secondary N) is 1.